The van der Waals surface area contributed by atoms with Gasteiger partial charge in [0, 0.05) is 203 Å². The van der Waals surface area contributed by atoms with Crippen LogP contribution in [-0.2, 0) is 84.5 Å². The highest BCUT2D eigenvalue weighted by Gasteiger charge is 2.39. The van der Waals surface area contributed by atoms with Gasteiger partial charge in [0.05, 0.1) is 22.3 Å². The van der Waals surface area contributed by atoms with Gasteiger partial charge in [-0.2, -0.15) is 52.7 Å². The number of amides is 3. The Morgan fingerprint density at radius 2 is 0.548 bits per heavy atom. The van der Waals surface area contributed by atoms with Crippen LogP contribution in [0.2, 0.25) is 0 Å². The van der Waals surface area contributed by atoms with E-state index in [9.17, 15) is 81.5 Å². The first-order valence-electron chi connectivity index (χ1n) is 43.0. The van der Waals surface area contributed by atoms with E-state index in [1.807, 2.05) is 113 Å². The molecule has 4 saturated heterocycles. The van der Waals surface area contributed by atoms with Crippen LogP contribution < -0.4 is 16.0 Å². The van der Waals surface area contributed by atoms with Gasteiger partial charge >= 0.3 is 24.7 Å². The van der Waals surface area contributed by atoms with Gasteiger partial charge < -0.3 is 35.6 Å². The molecule has 0 atom stereocenters. The van der Waals surface area contributed by atoms with Crippen molar-refractivity contribution in [1.82, 2.24) is 55.1 Å². The highest BCUT2D eigenvalue weighted by molar-refractivity contribution is 5.96. The molecule has 0 aliphatic carbocycles. The van der Waals surface area contributed by atoms with E-state index >= 15 is 0 Å². The zero-order valence-corrected chi connectivity index (χ0v) is 75.8. The molecule has 17 nitrogen and oxygen atoms in total. The summed E-state index contributed by atoms with van der Waals surface area (Å²) in [5.41, 5.74) is 3.47. The summed E-state index contributed by atoms with van der Waals surface area (Å²) in [6.45, 7) is 46.1. The van der Waals surface area contributed by atoms with Crippen molar-refractivity contribution in [2.45, 2.75) is 199 Å². The third-order valence-electron chi connectivity index (χ3n) is 21.6. The van der Waals surface area contributed by atoms with E-state index in [4.69, 9.17) is 0 Å². The number of nitrogens with zero attached hydrogens (tertiary/aromatic N) is 8. The summed E-state index contributed by atoms with van der Waals surface area (Å²) in [5, 5.41) is 8.10. The second-order valence-electron chi connectivity index (χ2n) is 34.4. The Labute approximate surface area is 727 Å². The highest BCUT2D eigenvalue weighted by Crippen LogP contribution is 2.38. The molecule has 124 heavy (non-hydrogen) atoms. The minimum absolute atomic E-state index is 0.00120. The number of carbonyl (C=O) groups excluding carboxylic acids is 6. The van der Waals surface area contributed by atoms with Gasteiger partial charge in [-0.25, -0.2) is 0 Å². The molecule has 6 aromatic rings. The predicted octanol–water partition coefficient (Wildman–Crippen LogP) is 17.3. The van der Waals surface area contributed by atoms with Gasteiger partial charge in [0.2, 0.25) is 0 Å². The number of aryl methyl sites for hydroxylation is 2. The number of ketones is 3. The van der Waals surface area contributed by atoms with E-state index in [2.05, 4.69) is 60.4 Å². The van der Waals surface area contributed by atoms with E-state index in [1.54, 1.807) is 67.5 Å². The van der Waals surface area contributed by atoms with Gasteiger partial charge in [-0.1, -0.05) is 139 Å². The molecule has 29 heteroatoms. The van der Waals surface area contributed by atoms with Gasteiger partial charge in [0.1, 0.15) is 17.3 Å². The molecule has 0 saturated carbocycles. The molecule has 0 bridgehead atoms. The number of Topliss-reactive ketones (excluding diaryl/α,β-unsaturated/α-hetero) is 3. The summed E-state index contributed by atoms with van der Waals surface area (Å²) < 4.78 is 161. The third-order valence-corrected chi connectivity index (χ3v) is 21.6. The van der Waals surface area contributed by atoms with Crippen LogP contribution in [0.4, 0.5) is 52.7 Å². The average molecular weight is 1750 g/mol. The summed E-state index contributed by atoms with van der Waals surface area (Å²) in [5.74, 6) is -0.963. The lowest BCUT2D eigenvalue weighted by Gasteiger charge is -2.34. The van der Waals surface area contributed by atoms with Crippen LogP contribution in [0.25, 0.3) is 0 Å². The molecule has 10 rings (SSSR count). The number of halogens is 12. The quantitative estimate of drug-likeness (QED) is 0.0464. The molecule has 0 radical (unpaired) electrons. The van der Waals surface area contributed by atoms with Crippen LogP contribution in [0.1, 0.15) is 200 Å². The Morgan fingerprint density at radius 1 is 0.306 bits per heavy atom. The van der Waals surface area contributed by atoms with Crippen molar-refractivity contribution >= 4 is 35.1 Å². The molecule has 0 spiro atoms. The fourth-order valence-electron chi connectivity index (χ4n) is 13.9. The molecule has 3 amide bonds. The highest BCUT2D eigenvalue weighted by atomic mass is 19.4. The summed E-state index contributed by atoms with van der Waals surface area (Å²) in [6.07, 6.45) is -17.1. The number of hydrogen-bond donors (Lipinski definition) is 3. The van der Waals surface area contributed by atoms with Crippen molar-refractivity contribution in [1.29, 1.82) is 0 Å². The van der Waals surface area contributed by atoms with Crippen molar-refractivity contribution in [3.63, 3.8) is 0 Å². The number of carbonyl (C=O) groups is 6. The maximum atomic E-state index is 13.5. The Bertz CT molecular complexity index is 4340. The van der Waals surface area contributed by atoms with Crippen LogP contribution in [0, 0.1) is 31.6 Å². The Kier molecular flexibility index (Phi) is 43.0. The second kappa shape index (κ2) is 50.2. The predicted molar refractivity (Wildman–Crippen MR) is 467 cm³/mol. The summed E-state index contributed by atoms with van der Waals surface area (Å²) >= 11 is 0. The van der Waals surface area contributed by atoms with Gasteiger partial charge in [-0.05, 0) is 170 Å². The molecule has 688 valence electrons. The number of likely N-dealkylation sites (N-methyl/N-ethyl adjacent to an activating group) is 4. The molecular weight excluding hydrogens is 1620 g/mol. The largest absolute Gasteiger partial charge is 0.416 e. The smallest absolute Gasteiger partial charge is 0.350 e. The van der Waals surface area contributed by atoms with Gasteiger partial charge in [-0.3, -0.25) is 48.4 Å². The van der Waals surface area contributed by atoms with Crippen molar-refractivity contribution < 1.29 is 81.5 Å². The number of rotatable bonds is 25. The molecule has 4 aliphatic rings. The van der Waals surface area contributed by atoms with Crippen LogP contribution in [0.15, 0.2) is 121 Å². The number of nitrogens with one attached hydrogen (secondary N) is 3. The maximum Gasteiger partial charge on any atom is 0.416 e. The Balaban J connectivity index is 0.000000269. The minimum atomic E-state index is -4.48. The lowest BCUT2D eigenvalue weighted by atomic mass is 9.96. The standard InChI is InChI=1S/C19H27F3N2O.C18H26F3N3O.C18H25F3N2O.C17H24F3N3O.C12H16O.C11H15NO/c1-4-23-7-9-24(10-8-23)13-16-6-5-15(12-18(25)14(2)3)11-17(16)19(20,21)22;1-4-23-7-9-24(10-8-23)12-15-6-5-14(17(25)22-13(2)3)11-16(15)18(19,20)21;1-13(2)17(24)11-14-4-5-15(16(10-14)18(19,20)21)12-23-8-6-22(3)7-9-23;1-12(2)21-16(24)13-4-5-14(15(10-13)17(18,19)20)11-23-8-6-22(3)7-9-23;1-9(2)12(13)8-11-6-4-5-10(3)7-11;1-8(2)12-11(13)10-6-4-5-9(3)7-10/h5-6,11,14H,4,7-10,12-13H2,1-3H3;5-6,11,13H,4,7-10,12H2,1-3H3,(H,22,25);4-5,10,13H,6-9,11-12H2,1-3H3;4-5,10,12H,6-9,11H2,1-3H3,(H,21,24);4-7,9H,8H2,1-3H3;4-8H,1-3H3,(H,12,13). The van der Waals surface area contributed by atoms with Crippen LogP contribution >= 0.6 is 0 Å². The second-order valence-corrected chi connectivity index (χ2v) is 34.4. The average Bonchev–Trinajstić information content (AvgIpc) is 0.820. The van der Waals surface area contributed by atoms with E-state index in [1.165, 1.54) is 42.0 Å². The zero-order chi connectivity index (χ0) is 92.7. The first-order valence-corrected chi connectivity index (χ1v) is 43.0. The molecular formula is C95H133F12N11O6. The molecule has 4 heterocycles. The summed E-state index contributed by atoms with van der Waals surface area (Å²) in [6, 6.07) is 32.1. The van der Waals surface area contributed by atoms with Crippen LogP contribution in [0.5, 0.6) is 0 Å². The van der Waals surface area contributed by atoms with Gasteiger partial charge in [0.25, 0.3) is 17.7 Å². The molecule has 4 fully saturated rings. The normalized spacial score (nSPS) is 15.8. The SMILES string of the molecule is CC(C)C(=O)Cc1ccc(CN2CCN(C)CC2)c(C(F)(F)F)c1.CC(C)NC(=O)c1ccc(CN2CCN(C)CC2)c(C(F)(F)F)c1.CCN1CCN(Cc2ccc(C(=O)NC(C)C)cc2C(F)(F)F)CC1.CCN1CCN(Cc2ccc(CC(=O)C(C)C)cc2C(F)(F)F)CC1.Cc1cccc(C(=O)NC(C)C)c1.Cc1cccc(CC(=O)C(C)C)c1. The zero-order valence-electron chi connectivity index (χ0n) is 75.8. The Hall–Kier alpha value is -8.42. The summed E-state index contributed by atoms with van der Waals surface area (Å²) in [7, 11) is 4.01. The molecule has 6 aromatic carbocycles. The first-order chi connectivity index (χ1) is 57.9. The number of alkyl halides is 12. The van der Waals surface area contributed by atoms with Gasteiger partial charge in [0.15, 0.2) is 0 Å². The molecule has 0 aromatic heterocycles. The van der Waals surface area contributed by atoms with E-state index < -0.39 is 58.8 Å². The van der Waals surface area contributed by atoms with Crippen LogP contribution in [0.3, 0.4) is 0 Å². The lowest BCUT2D eigenvalue weighted by molar-refractivity contribution is -0.139. The number of hydrogen-bond acceptors (Lipinski definition) is 14. The van der Waals surface area contributed by atoms with E-state index in [0.29, 0.717) is 36.4 Å². The topological polar surface area (TPSA) is 164 Å². The fraction of sp³-hybridized carbons (Fsp3) is 0.558. The monoisotopic (exact) mass is 1750 g/mol. The van der Waals surface area contributed by atoms with Crippen molar-refractivity contribution in [3.8, 4) is 0 Å². The lowest BCUT2D eigenvalue weighted by Crippen LogP contribution is -2.45. The maximum absolute atomic E-state index is 13.5. The first kappa shape index (κ1) is 106. The molecule has 3 N–H and O–H groups in total. The minimum Gasteiger partial charge on any atom is -0.350 e. The van der Waals surface area contributed by atoms with Crippen molar-refractivity contribution in [3.05, 3.63) is 210 Å². The van der Waals surface area contributed by atoms with Crippen LogP contribution in [-0.4, -0.2) is 224 Å². The van der Waals surface area contributed by atoms with Crippen molar-refractivity contribution in [2.24, 2.45) is 17.8 Å². The number of piperazine rings is 4. The summed E-state index contributed by atoms with van der Waals surface area (Å²) in [4.78, 5) is 87.6. The molecule has 0 unspecified atom stereocenters. The van der Waals surface area contributed by atoms with Gasteiger partial charge in [-0.15, -0.1) is 0 Å². The number of benzene rings is 6. The third kappa shape index (κ3) is 37.6. The van der Waals surface area contributed by atoms with E-state index in [-0.39, 0.29) is 113 Å². The molecule has 4 aliphatic heterocycles. The fourth-order valence-corrected chi connectivity index (χ4v) is 13.9. The van der Waals surface area contributed by atoms with Crippen molar-refractivity contribution in [2.75, 3.05) is 132 Å². The van der Waals surface area contributed by atoms with E-state index in [0.717, 1.165) is 159 Å². The Morgan fingerprint density at radius 3 is 0.806 bits per heavy atom.